The maximum Gasteiger partial charge on any atom is -0.0383 e. The highest BCUT2D eigenvalue weighted by molar-refractivity contribution is 4.90. The summed E-state index contributed by atoms with van der Waals surface area (Å²) in [5, 5.41) is 0. The van der Waals surface area contributed by atoms with E-state index >= 15 is 0 Å². The third-order valence-corrected chi connectivity index (χ3v) is 3.09. The lowest BCUT2D eigenvalue weighted by Crippen LogP contribution is -2.23. The van der Waals surface area contributed by atoms with Crippen molar-refractivity contribution in [3.05, 3.63) is 12.8 Å². The van der Waals surface area contributed by atoms with Crippen LogP contribution >= 0.6 is 0 Å². The van der Waals surface area contributed by atoms with Crippen LogP contribution in [0.25, 0.3) is 0 Å². The molecule has 0 saturated heterocycles. The molecule has 0 heterocycles. The Balaban J connectivity index is 1.93. The van der Waals surface area contributed by atoms with E-state index in [-0.39, 0.29) is 0 Å². The van der Waals surface area contributed by atoms with Crippen LogP contribution in [-0.2, 0) is 0 Å². The molecule has 0 aliphatic heterocycles. The van der Waals surface area contributed by atoms with Crippen LogP contribution < -0.4 is 0 Å². The van der Waals surface area contributed by atoms with E-state index in [2.05, 4.69) is 12.8 Å². The van der Waals surface area contributed by atoms with Crippen molar-refractivity contribution in [3.8, 4) is 0 Å². The molecule has 0 N–H and O–H groups in total. The molecule has 2 unspecified atom stereocenters. The van der Waals surface area contributed by atoms with Gasteiger partial charge in [0.05, 0.1) is 0 Å². The summed E-state index contributed by atoms with van der Waals surface area (Å²) in [4.78, 5) is 0. The van der Waals surface area contributed by atoms with Gasteiger partial charge in [-0.1, -0.05) is 0 Å². The van der Waals surface area contributed by atoms with Crippen LogP contribution in [0.15, 0.2) is 0 Å². The van der Waals surface area contributed by atoms with E-state index in [1.54, 1.807) is 0 Å². The van der Waals surface area contributed by atoms with Crippen molar-refractivity contribution in [2.45, 2.75) is 38.5 Å². The molecule has 2 aliphatic rings. The minimum atomic E-state index is 1.07. The number of rotatable bonds is 0. The Morgan fingerprint density at radius 1 is 0.800 bits per heavy atom. The van der Waals surface area contributed by atoms with E-state index in [0.29, 0.717) is 0 Å². The normalized spacial score (nSPS) is 40.8. The maximum absolute atomic E-state index is 2.49. The first kappa shape index (κ1) is 6.69. The van der Waals surface area contributed by atoms with Gasteiger partial charge in [-0.15, -0.1) is 0 Å². The SMILES string of the molecule is [CH]1CCC2C[CH]CCC2C1. The molecular weight excluding hydrogens is 120 g/mol. The van der Waals surface area contributed by atoms with E-state index in [0.717, 1.165) is 11.8 Å². The van der Waals surface area contributed by atoms with E-state index in [1.807, 2.05) is 0 Å². The van der Waals surface area contributed by atoms with Crippen LogP contribution in [-0.4, -0.2) is 0 Å². The van der Waals surface area contributed by atoms with Gasteiger partial charge >= 0.3 is 0 Å². The number of hydrogen-bond acceptors (Lipinski definition) is 0. The van der Waals surface area contributed by atoms with Gasteiger partial charge in [0.25, 0.3) is 0 Å². The third-order valence-electron chi connectivity index (χ3n) is 3.09. The zero-order valence-corrected chi connectivity index (χ0v) is 6.55. The summed E-state index contributed by atoms with van der Waals surface area (Å²) in [7, 11) is 0. The fourth-order valence-electron chi connectivity index (χ4n) is 2.42. The summed E-state index contributed by atoms with van der Waals surface area (Å²) in [6.07, 6.45) is 13.5. The Kier molecular flexibility index (Phi) is 1.97. The molecule has 10 heavy (non-hydrogen) atoms. The first-order valence-corrected chi connectivity index (χ1v) is 4.60. The van der Waals surface area contributed by atoms with Crippen LogP contribution in [0.3, 0.4) is 0 Å². The maximum atomic E-state index is 2.49. The molecule has 0 nitrogen and oxygen atoms in total. The summed E-state index contributed by atoms with van der Waals surface area (Å²) in [6.45, 7) is 0. The molecule has 2 atom stereocenters. The zero-order chi connectivity index (χ0) is 6.81. The van der Waals surface area contributed by atoms with Crippen LogP contribution in [0.2, 0.25) is 0 Å². The fourth-order valence-corrected chi connectivity index (χ4v) is 2.42. The summed E-state index contributed by atoms with van der Waals surface area (Å²) in [6, 6.07) is 0. The second-order valence-corrected chi connectivity index (χ2v) is 3.72. The average molecular weight is 136 g/mol. The second-order valence-electron chi connectivity index (χ2n) is 3.72. The number of fused-ring (bicyclic) bond motifs is 1. The minimum Gasteiger partial charge on any atom is -0.0499 e. The summed E-state index contributed by atoms with van der Waals surface area (Å²) in [5.74, 6) is 2.14. The van der Waals surface area contributed by atoms with E-state index < -0.39 is 0 Å². The van der Waals surface area contributed by atoms with Crippen molar-refractivity contribution in [3.63, 3.8) is 0 Å². The molecule has 0 heteroatoms. The molecule has 2 rings (SSSR count). The molecule has 0 spiro atoms. The lowest BCUT2D eigenvalue weighted by Gasteiger charge is -2.34. The largest absolute Gasteiger partial charge is 0.0499 e. The van der Waals surface area contributed by atoms with E-state index in [9.17, 15) is 0 Å². The van der Waals surface area contributed by atoms with Crippen molar-refractivity contribution in [2.75, 3.05) is 0 Å². The zero-order valence-electron chi connectivity index (χ0n) is 6.55. The van der Waals surface area contributed by atoms with Crippen LogP contribution in [0.1, 0.15) is 38.5 Å². The molecule has 2 saturated carbocycles. The van der Waals surface area contributed by atoms with Crippen LogP contribution in [0.5, 0.6) is 0 Å². The van der Waals surface area contributed by atoms with Crippen LogP contribution in [0.4, 0.5) is 0 Å². The topological polar surface area (TPSA) is 0 Å². The van der Waals surface area contributed by atoms with Gasteiger partial charge in [-0.2, -0.15) is 0 Å². The lowest BCUT2D eigenvalue weighted by molar-refractivity contribution is 0.226. The molecule has 0 aromatic carbocycles. The van der Waals surface area contributed by atoms with Gasteiger partial charge in [0, 0.05) is 0 Å². The molecule has 0 aromatic rings. The summed E-state index contributed by atoms with van der Waals surface area (Å²) >= 11 is 0. The highest BCUT2D eigenvalue weighted by Crippen LogP contribution is 2.39. The van der Waals surface area contributed by atoms with Gasteiger partial charge in [-0.25, -0.2) is 0 Å². The number of hydrogen-bond donors (Lipinski definition) is 0. The van der Waals surface area contributed by atoms with Crippen molar-refractivity contribution < 1.29 is 0 Å². The van der Waals surface area contributed by atoms with Gasteiger partial charge < -0.3 is 0 Å². The molecule has 0 aromatic heterocycles. The molecular formula is C10H16. The monoisotopic (exact) mass is 136 g/mol. The summed E-state index contributed by atoms with van der Waals surface area (Å²) < 4.78 is 0. The molecule has 2 aliphatic carbocycles. The quantitative estimate of drug-likeness (QED) is 0.480. The first-order valence-electron chi connectivity index (χ1n) is 4.60. The van der Waals surface area contributed by atoms with Gasteiger partial charge in [0.15, 0.2) is 0 Å². The summed E-state index contributed by atoms with van der Waals surface area (Å²) in [5.41, 5.74) is 0. The van der Waals surface area contributed by atoms with Crippen molar-refractivity contribution >= 4 is 0 Å². The Bertz CT molecular complexity index is 80.6. The third kappa shape index (κ3) is 1.21. The van der Waals surface area contributed by atoms with Crippen molar-refractivity contribution in [1.82, 2.24) is 0 Å². The smallest absolute Gasteiger partial charge is 0.0383 e. The van der Waals surface area contributed by atoms with E-state index in [1.165, 1.54) is 38.5 Å². The lowest BCUT2D eigenvalue weighted by atomic mass is 9.71. The second kappa shape index (κ2) is 2.94. The highest BCUT2D eigenvalue weighted by atomic mass is 14.3. The Labute approximate surface area is 64.0 Å². The predicted octanol–water partition coefficient (Wildman–Crippen LogP) is 3.00. The predicted molar refractivity (Wildman–Crippen MR) is 43.3 cm³/mol. The van der Waals surface area contributed by atoms with Gasteiger partial charge in [0.2, 0.25) is 0 Å². The fraction of sp³-hybridized carbons (Fsp3) is 0.800. The Morgan fingerprint density at radius 3 is 1.80 bits per heavy atom. The van der Waals surface area contributed by atoms with Gasteiger partial charge in [0.1, 0.15) is 0 Å². The Hall–Kier alpha value is 0. The highest BCUT2D eigenvalue weighted by Gasteiger charge is 2.27. The van der Waals surface area contributed by atoms with Crippen molar-refractivity contribution in [1.29, 1.82) is 0 Å². The first-order chi connectivity index (χ1) is 4.97. The molecule has 0 amide bonds. The molecule has 56 valence electrons. The van der Waals surface area contributed by atoms with Gasteiger partial charge in [-0.3, -0.25) is 0 Å². The average Bonchev–Trinajstić information content (AvgIpc) is 2.05. The Morgan fingerprint density at radius 2 is 1.30 bits per heavy atom. The van der Waals surface area contributed by atoms with E-state index in [4.69, 9.17) is 0 Å². The molecule has 2 radical (unpaired) electrons. The standard InChI is InChI=1S/C10H16/c1-2-6-10-8-4-3-7-9(10)5-1/h1,4,9-10H,2-3,5-8H2. The van der Waals surface area contributed by atoms with Gasteiger partial charge in [-0.05, 0) is 63.2 Å². The molecule has 0 bridgehead atoms. The van der Waals surface area contributed by atoms with Crippen molar-refractivity contribution in [2.24, 2.45) is 11.8 Å². The van der Waals surface area contributed by atoms with Crippen LogP contribution in [0, 0.1) is 24.7 Å². The molecule has 2 fully saturated rings. The minimum absolute atomic E-state index is 1.07.